The molecule has 16 heavy (non-hydrogen) atoms. The Kier molecular flexibility index (Phi) is 3.09. The Bertz CT molecular complexity index is 435. The molecule has 0 aliphatic carbocycles. The van der Waals surface area contributed by atoms with Gasteiger partial charge in [-0.1, -0.05) is 23.7 Å². The number of carbonyl (C=O) groups is 1. The van der Waals surface area contributed by atoms with Crippen molar-refractivity contribution in [3.63, 3.8) is 0 Å². The van der Waals surface area contributed by atoms with Gasteiger partial charge in [-0.2, -0.15) is 5.06 Å². The number of rotatable bonds is 2. The van der Waals surface area contributed by atoms with Crippen molar-refractivity contribution in [3.05, 3.63) is 34.9 Å². The predicted octanol–water partition coefficient (Wildman–Crippen LogP) is 1.66. The molecular weight excluding hydrogens is 248 g/mol. The highest BCUT2D eigenvalue weighted by Crippen LogP contribution is 2.15. The van der Waals surface area contributed by atoms with Gasteiger partial charge in [0.25, 0.3) is 5.91 Å². The maximum Gasteiger partial charge on any atom is 0.272 e. The van der Waals surface area contributed by atoms with Gasteiger partial charge in [0.15, 0.2) is 0 Å². The van der Waals surface area contributed by atoms with E-state index < -0.39 is 5.91 Å². The lowest BCUT2D eigenvalue weighted by Gasteiger charge is -2.16. The van der Waals surface area contributed by atoms with Crippen molar-refractivity contribution in [1.29, 1.82) is 0 Å². The van der Waals surface area contributed by atoms with Crippen LogP contribution in [0.2, 0.25) is 5.02 Å². The summed E-state index contributed by atoms with van der Waals surface area (Å²) in [6, 6.07) is 7.26. The second-order valence-electron chi connectivity index (χ2n) is 3.47. The lowest BCUT2D eigenvalue weighted by Crippen LogP contribution is -2.29. The van der Waals surface area contributed by atoms with Crippen LogP contribution >= 0.6 is 23.8 Å². The predicted molar refractivity (Wildman–Crippen MR) is 63.1 cm³/mol. The zero-order valence-electron chi connectivity index (χ0n) is 8.26. The standard InChI is InChI=1S/C10H9ClN2O2S/c11-8-3-1-7(2-4-8)5-12-6-9(14)13(15)10(12)16/h1-4,15H,5-6H2. The SMILES string of the molecule is O=C1CN(Cc2ccc(Cl)cc2)C(=S)N1O. The minimum absolute atomic E-state index is 0.109. The fourth-order valence-electron chi connectivity index (χ4n) is 1.47. The quantitative estimate of drug-likeness (QED) is 0.646. The third-order valence-corrected chi connectivity index (χ3v) is 2.98. The van der Waals surface area contributed by atoms with Crippen LogP contribution < -0.4 is 0 Å². The Labute approximate surface area is 103 Å². The number of halogens is 1. The molecule has 0 saturated carbocycles. The fourth-order valence-corrected chi connectivity index (χ4v) is 1.83. The molecular formula is C10H9ClN2O2S. The second-order valence-corrected chi connectivity index (χ2v) is 4.27. The van der Waals surface area contributed by atoms with Crippen molar-refractivity contribution in [2.24, 2.45) is 0 Å². The first-order chi connectivity index (χ1) is 7.58. The van der Waals surface area contributed by atoms with Gasteiger partial charge in [0.05, 0.1) is 0 Å². The van der Waals surface area contributed by atoms with E-state index in [0.29, 0.717) is 16.6 Å². The fraction of sp³-hybridized carbons (Fsp3) is 0.200. The summed E-state index contributed by atoms with van der Waals surface area (Å²) >= 11 is 10.7. The van der Waals surface area contributed by atoms with E-state index >= 15 is 0 Å². The highest BCUT2D eigenvalue weighted by atomic mass is 35.5. The highest BCUT2D eigenvalue weighted by molar-refractivity contribution is 7.80. The van der Waals surface area contributed by atoms with Crippen LogP contribution in [0.5, 0.6) is 0 Å². The first-order valence-electron chi connectivity index (χ1n) is 4.63. The van der Waals surface area contributed by atoms with Gasteiger partial charge < -0.3 is 4.90 Å². The van der Waals surface area contributed by atoms with Gasteiger partial charge in [0.2, 0.25) is 5.11 Å². The largest absolute Gasteiger partial charge is 0.333 e. The Morgan fingerprint density at radius 2 is 2.00 bits per heavy atom. The summed E-state index contributed by atoms with van der Waals surface area (Å²) in [6.07, 6.45) is 0. The molecule has 0 aromatic heterocycles. The minimum atomic E-state index is -0.404. The molecule has 1 fully saturated rings. The van der Waals surface area contributed by atoms with Crippen LogP contribution in [0.25, 0.3) is 0 Å². The average molecular weight is 257 g/mol. The van der Waals surface area contributed by atoms with Gasteiger partial charge in [-0.15, -0.1) is 0 Å². The van der Waals surface area contributed by atoms with Gasteiger partial charge in [0.1, 0.15) is 6.54 Å². The summed E-state index contributed by atoms with van der Waals surface area (Å²) in [5, 5.41) is 10.5. The average Bonchev–Trinajstić information content (AvgIpc) is 2.50. The molecule has 1 saturated heterocycles. The highest BCUT2D eigenvalue weighted by Gasteiger charge is 2.31. The Morgan fingerprint density at radius 1 is 1.38 bits per heavy atom. The van der Waals surface area contributed by atoms with E-state index in [1.54, 1.807) is 17.0 Å². The zero-order chi connectivity index (χ0) is 11.7. The molecule has 0 atom stereocenters. The summed E-state index contributed by atoms with van der Waals surface area (Å²) in [5.74, 6) is -0.404. The smallest absolute Gasteiger partial charge is 0.272 e. The molecule has 0 bridgehead atoms. The van der Waals surface area contributed by atoms with Crippen molar-refractivity contribution in [1.82, 2.24) is 9.96 Å². The van der Waals surface area contributed by atoms with Crippen molar-refractivity contribution >= 4 is 34.8 Å². The lowest BCUT2D eigenvalue weighted by atomic mass is 10.2. The number of nitrogens with zero attached hydrogens (tertiary/aromatic N) is 2. The molecule has 1 aromatic carbocycles. The molecule has 1 aliphatic rings. The number of hydroxylamine groups is 2. The van der Waals surface area contributed by atoms with Crippen molar-refractivity contribution in [2.75, 3.05) is 6.54 Å². The summed E-state index contributed by atoms with van der Waals surface area (Å²) in [4.78, 5) is 12.8. The van der Waals surface area contributed by atoms with Gasteiger partial charge in [-0.3, -0.25) is 10.0 Å². The van der Waals surface area contributed by atoms with E-state index in [-0.39, 0.29) is 11.7 Å². The first-order valence-corrected chi connectivity index (χ1v) is 5.42. The molecule has 2 rings (SSSR count). The third kappa shape index (κ3) is 2.16. The Balaban J connectivity index is 2.09. The summed E-state index contributed by atoms with van der Waals surface area (Å²) in [7, 11) is 0. The molecule has 1 heterocycles. The monoisotopic (exact) mass is 256 g/mol. The van der Waals surface area contributed by atoms with Crippen molar-refractivity contribution < 1.29 is 10.0 Å². The van der Waals surface area contributed by atoms with Crippen molar-refractivity contribution in [2.45, 2.75) is 6.54 Å². The van der Waals surface area contributed by atoms with E-state index in [4.69, 9.17) is 23.8 Å². The van der Waals surface area contributed by atoms with Gasteiger partial charge in [-0.25, -0.2) is 0 Å². The van der Waals surface area contributed by atoms with Crippen LogP contribution in [0.4, 0.5) is 0 Å². The summed E-state index contributed by atoms with van der Waals surface area (Å²) < 4.78 is 0. The van der Waals surface area contributed by atoms with Crippen LogP contribution in [0.1, 0.15) is 5.56 Å². The molecule has 1 aromatic rings. The molecule has 84 valence electrons. The van der Waals surface area contributed by atoms with Crippen LogP contribution in [-0.4, -0.2) is 32.7 Å². The molecule has 0 unspecified atom stereocenters. The van der Waals surface area contributed by atoms with Crippen LogP contribution in [0.3, 0.4) is 0 Å². The number of thiocarbonyl (C=S) groups is 1. The van der Waals surface area contributed by atoms with Crippen LogP contribution in [0, 0.1) is 0 Å². The van der Waals surface area contributed by atoms with Gasteiger partial charge in [-0.05, 0) is 29.9 Å². The lowest BCUT2D eigenvalue weighted by molar-refractivity contribution is -0.144. The molecule has 6 heteroatoms. The topological polar surface area (TPSA) is 43.8 Å². The number of carbonyl (C=O) groups excluding carboxylic acids is 1. The van der Waals surface area contributed by atoms with E-state index in [2.05, 4.69) is 0 Å². The van der Waals surface area contributed by atoms with Crippen LogP contribution in [0.15, 0.2) is 24.3 Å². The zero-order valence-corrected chi connectivity index (χ0v) is 9.83. The number of hydrogen-bond acceptors (Lipinski definition) is 3. The molecule has 0 spiro atoms. The van der Waals surface area contributed by atoms with E-state index in [1.807, 2.05) is 12.1 Å². The van der Waals surface area contributed by atoms with Crippen LogP contribution in [-0.2, 0) is 11.3 Å². The summed E-state index contributed by atoms with van der Waals surface area (Å²) in [5.41, 5.74) is 0.981. The van der Waals surface area contributed by atoms with E-state index in [0.717, 1.165) is 5.56 Å². The van der Waals surface area contributed by atoms with E-state index in [1.165, 1.54) is 0 Å². The molecule has 1 amide bonds. The normalized spacial score (nSPS) is 16.1. The van der Waals surface area contributed by atoms with Crippen molar-refractivity contribution in [3.8, 4) is 0 Å². The Hall–Kier alpha value is -1.17. The van der Waals surface area contributed by atoms with Gasteiger partial charge in [0, 0.05) is 11.6 Å². The number of amides is 1. The third-order valence-electron chi connectivity index (χ3n) is 2.30. The maximum atomic E-state index is 11.2. The molecule has 4 nitrogen and oxygen atoms in total. The molecule has 1 aliphatic heterocycles. The minimum Gasteiger partial charge on any atom is -0.333 e. The second kappa shape index (κ2) is 4.37. The maximum absolute atomic E-state index is 11.2. The summed E-state index contributed by atoms with van der Waals surface area (Å²) in [6.45, 7) is 0.594. The molecule has 0 radical (unpaired) electrons. The van der Waals surface area contributed by atoms with Gasteiger partial charge >= 0.3 is 0 Å². The number of hydrogen-bond donors (Lipinski definition) is 1. The molecule has 1 N–H and O–H groups in total. The van der Waals surface area contributed by atoms with E-state index in [9.17, 15) is 10.0 Å². The Morgan fingerprint density at radius 3 is 2.50 bits per heavy atom. The first kappa shape index (κ1) is 11.3. The number of benzene rings is 1.